The van der Waals surface area contributed by atoms with Gasteiger partial charge in [-0.05, 0) is 43.6 Å². The zero-order valence-electron chi connectivity index (χ0n) is 11.2. The van der Waals surface area contributed by atoms with Gasteiger partial charge in [0.15, 0.2) is 0 Å². The number of hydrogen-bond acceptors (Lipinski definition) is 3. The van der Waals surface area contributed by atoms with Gasteiger partial charge in [-0.25, -0.2) is 4.79 Å². The predicted molar refractivity (Wildman–Crippen MR) is 74.3 cm³/mol. The van der Waals surface area contributed by atoms with Crippen LogP contribution in [0.15, 0.2) is 24.3 Å². The number of urea groups is 1. The van der Waals surface area contributed by atoms with Crippen molar-refractivity contribution in [2.45, 2.75) is 25.4 Å². The number of carbonyl (C=O) groups is 1. The molecule has 0 radical (unpaired) electrons. The summed E-state index contributed by atoms with van der Waals surface area (Å²) in [5.74, 6) is 0.804. The summed E-state index contributed by atoms with van der Waals surface area (Å²) in [6, 6.07) is 7.87. The largest absolute Gasteiger partial charge is 0.497 e. The van der Waals surface area contributed by atoms with Crippen molar-refractivity contribution in [2.75, 3.05) is 20.2 Å². The first-order chi connectivity index (χ1) is 9.28. The van der Waals surface area contributed by atoms with Crippen molar-refractivity contribution in [1.29, 1.82) is 0 Å². The van der Waals surface area contributed by atoms with Crippen molar-refractivity contribution in [2.24, 2.45) is 0 Å². The number of ether oxygens (including phenoxy) is 1. The van der Waals surface area contributed by atoms with Gasteiger partial charge >= 0.3 is 6.03 Å². The van der Waals surface area contributed by atoms with Gasteiger partial charge in [-0.2, -0.15) is 0 Å². The predicted octanol–water partition coefficient (Wildman–Crippen LogP) is 1.25. The van der Waals surface area contributed by atoms with Gasteiger partial charge in [0.2, 0.25) is 0 Å². The van der Waals surface area contributed by atoms with Crippen LogP contribution in [0.1, 0.15) is 18.4 Å². The second-order valence-electron chi connectivity index (χ2n) is 4.70. The highest BCUT2D eigenvalue weighted by Crippen LogP contribution is 2.12. The number of amides is 2. The van der Waals surface area contributed by atoms with Crippen molar-refractivity contribution in [3.8, 4) is 5.75 Å². The minimum atomic E-state index is -0.102. The standard InChI is InChI=1S/C14H21N3O2/c1-19-13-4-2-3-11(9-13)10-16-14(18)17-12-5-7-15-8-6-12/h2-4,9,12,15H,5-8,10H2,1H3,(H2,16,17,18). The Morgan fingerprint density at radius 2 is 2.21 bits per heavy atom. The van der Waals surface area contributed by atoms with Crippen LogP contribution in [0.3, 0.4) is 0 Å². The van der Waals surface area contributed by atoms with Gasteiger partial charge in [0, 0.05) is 12.6 Å². The Labute approximate surface area is 113 Å². The maximum Gasteiger partial charge on any atom is 0.315 e. The van der Waals surface area contributed by atoms with E-state index in [1.165, 1.54) is 0 Å². The maximum atomic E-state index is 11.8. The van der Waals surface area contributed by atoms with Crippen LogP contribution in [0, 0.1) is 0 Å². The quantitative estimate of drug-likeness (QED) is 0.766. The molecular weight excluding hydrogens is 242 g/mol. The molecule has 1 heterocycles. The van der Waals surface area contributed by atoms with E-state index in [1.54, 1.807) is 7.11 Å². The lowest BCUT2D eigenvalue weighted by Gasteiger charge is -2.23. The second-order valence-corrected chi connectivity index (χ2v) is 4.70. The van der Waals surface area contributed by atoms with Gasteiger partial charge in [-0.1, -0.05) is 12.1 Å². The summed E-state index contributed by atoms with van der Waals surface area (Å²) in [7, 11) is 1.64. The van der Waals surface area contributed by atoms with E-state index in [1.807, 2.05) is 24.3 Å². The topological polar surface area (TPSA) is 62.4 Å². The van der Waals surface area contributed by atoms with Crippen LogP contribution < -0.4 is 20.7 Å². The molecule has 0 unspecified atom stereocenters. The molecule has 2 rings (SSSR count). The minimum absolute atomic E-state index is 0.102. The SMILES string of the molecule is COc1cccc(CNC(=O)NC2CCNCC2)c1. The Bertz CT molecular complexity index is 417. The summed E-state index contributed by atoms with van der Waals surface area (Å²) < 4.78 is 5.15. The molecule has 2 amide bonds. The lowest BCUT2D eigenvalue weighted by atomic mass is 10.1. The van der Waals surface area contributed by atoms with Gasteiger partial charge in [0.1, 0.15) is 5.75 Å². The van der Waals surface area contributed by atoms with Crippen LogP contribution in [0.5, 0.6) is 5.75 Å². The smallest absolute Gasteiger partial charge is 0.315 e. The van der Waals surface area contributed by atoms with E-state index >= 15 is 0 Å². The highest BCUT2D eigenvalue weighted by Gasteiger charge is 2.14. The van der Waals surface area contributed by atoms with Gasteiger partial charge in [0.25, 0.3) is 0 Å². The lowest BCUT2D eigenvalue weighted by molar-refractivity contribution is 0.233. The Kier molecular flexibility index (Phi) is 5.03. The fourth-order valence-electron chi connectivity index (χ4n) is 2.17. The lowest BCUT2D eigenvalue weighted by Crippen LogP contribution is -2.46. The number of carbonyl (C=O) groups excluding carboxylic acids is 1. The summed E-state index contributed by atoms with van der Waals surface area (Å²) >= 11 is 0. The molecule has 0 saturated carbocycles. The van der Waals surface area contributed by atoms with Gasteiger partial charge < -0.3 is 20.7 Å². The van der Waals surface area contributed by atoms with Crippen molar-refractivity contribution in [3.63, 3.8) is 0 Å². The first-order valence-electron chi connectivity index (χ1n) is 6.66. The first kappa shape index (κ1) is 13.7. The molecule has 1 aliphatic heterocycles. The van der Waals surface area contributed by atoms with E-state index in [4.69, 9.17) is 4.74 Å². The van der Waals surface area contributed by atoms with E-state index in [-0.39, 0.29) is 12.1 Å². The highest BCUT2D eigenvalue weighted by atomic mass is 16.5. The van der Waals surface area contributed by atoms with Crippen LogP contribution in [0.25, 0.3) is 0 Å². The van der Waals surface area contributed by atoms with E-state index in [2.05, 4.69) is 16.0 Å². The van der Waals surface area contributed by atoms with Gasteiger partial charge in [-0.3, -0.25) is 0 Å². The zero-order valence-corrected chi connectivity index (χ0v) is 11.2. The third kappa shape index (κ3) is 4.44. The summed E-state index contributed by atoms with van der Waals surface area (Å²) in [4.78, 5) is 11.8. The Balaban J connectivity index is 1.76. The van der Waals surface area contributed by atoms with Crippen molar-refractivity contribution in [3.05, 3.63) is 29.8 Å². The molecule has 0 aliphatic carbocycles. The summed E-state index contributed by atoms with van der Waals surface area (Å²) in [6.45, 7) is 2.45. The van der Waals surface area contributed by atoms with E-state index < -0.39 is 0 Å². The number of nitrogens with one attached hydrogen (secondary N) is 3. The normalized spacial score (nSPS) is 15.8. The summed E-state index contributed by atoms with van der Waals surface area (Å²) in [6.07, 6.45) is 1.99. The molecule has 0 spiro atoms. The molecule has 19 heavy (non-hydrogen) atoms. The zero-order chi connectivity index (χ0) is 13.5. The van der Waals surface area contributed by atoms with E-state index in [0.717, 1.165) is 37.2 Å². The van der Waals surface area contributed by atoms with E-state index in [9.17, 15) is 4.79 Å². The summed E-state index contributed by atoms with van der Waals surface area (Å²) in [5, 5.41) is 9.14. The number of rotatable bonds is 4. The average molecular weight is 263 g/mol. The van der Waals surface area contributed by atoms with Gasteiger partial charge in [0.05, 0.1) is 7.11 Å². The summed E-state index contributed by atoms with van der Waals surface area (Å²) in [5.41, 5.74) is 1.03. The van der Waals surface area contributed by atoms with Crippen LogP contribution in [-0.4, -0.2) is 32.3 Å². The molecule has 1 aromatic carbocycles. The molecule has 5 heteroatoms. The highest BCUT2D eigenvalue weighted by molar-refractivity contribution is 5.74. The molecular formula is C14H21N3O2. The Hall–Kier alpha value is -1.75. The number of piperidine rings is 1. The van der Waals surface area contributed by atoms with Gasteiger partial charge in [-0.15, -0.1) is 0 Å². The fourth-order valence-corrected chi connectivity index (χ4v) is 2.17. The molecule has 1 fully saturated rings. The van der Waals surface area contributed by atoms with Crippen molar-refractivity contribution in [1.82, 2.24) is 16.0 Å². The molecule has 1 saturated heterocycles. The monoisotopic (exact) mass is 263 g/mol. The fraction of sp³-hybridized carbons (Fsp3) is 0.500. The molecule has 1 aliphatic rings. The molecule has 3 N–H and O–H groups in total. The number of methoxy groups -OCH3 is 1. The van der Waals surface area contributed by atoms with Crippen LogP contribution >= 0.6 is 0 Å². The van der Waals surface area contributed by atoms with Crippen LogP contribution in [0.4, 0.5) is 4.79 Å². The van der Waals surface area contributed by atoms with Crippen molar-refractivity contribution < 1.29 is 9.53 Å². The Morgan fingerprint density at radius 1 is 1.42 bits per heavy atom. The second kappa shape index (κ2) is 6.99. The first-order valence-corrected chi connectivity index (χ1v) is 6.66. The van der Waals surface area contributed by atoms with E-state index in [0.29, 0.717) is 6.54 Å². The van der Waals surface area contributed by atoms with Crippen molar-refractivity contribution >= 4 is 6.03 Å². The molecule has 0 bridgehead atoms. The third-order valence-electron chi connectivity index (χ3n) is 3.26. The molecule has 0 atom stereocenters. The minimum Gasteiger partial charge on any atom is -0.497 e. The third-order valence-corrected chi connectivity index (χ3v) is 3.26. The maximum absolute atomic E-state index is 11.8. The van der Waals surface area contributed by atoms with Crippen LogP contribution in [0.2, 0.25) is 0 Å². The number of hydrogen-bond donors (Lipinski definition) is 3. The molecule has 1 aromatic rings. The molecule has 104 valence electrons. The molecule has 0 aromatic heterocycles. The Morgan fingerprint density at radius 3 is 2.95 bits per heavy atom. The van der Waals surface area contributed by atoms with Crippen LogP contribution in [-0.2, 0) is 6.54 Å². The number of benzene rings is 1. The average Bonchev–Trinajstić information content (AvgIpc) is 2.46. The molecule has 5 nitrogen and oxygen atoms in total.